The van der Waals surface area contributed by atoms with E-state index in [0.717, 1.165) is 12.1 Å². The number of aromatic nitrogens is 1. The van der Waals surface area contributed by atoms with Crippen molar-refractivity contribution in [2.45, 2.75) is 4.90 Å². The number of nitrogens with zero attached hydrogens (tertiary/aromatic N) is 1. The summed E-state index contributed by atoms with van der Waals surface area (Å²) < 4.78 is 39.5. The lowest BCUT2D eigenvalue weighted by Crippen LogP contribution is -2.17. The number of benzene rings is 1. The summed E-state index contributed by atoms with van der Waals surface area (Å²) in [4.78, 5) is 14.0. The van der Waals surface area contributed by atoms with E-state index in [2.05, 4.69) is 4.98 Å². The predicted molar refractivity (Wildman–Crippen MR) is 68.4 cm³/mol. The molecule has 0 fully saturated rings. The zero-order valence-corrected chi connectivity index (χ0v) is 10.8. The molecular weight excluding hydrogens is 287 g/mol. The van der Waals surface area contributed by atoms with Gasteiger partial charge in [0.05, 0.1) is 0 Å². The highest BCUT2D eigenvalue weighted by Gasteiger charge is 2.22. The molecule has 0 spiro atoms. The molecule has 2 rings (SSSR count). The summed E-state index contributed by atoms with van der Waals surface area (Å²) in [6, 6.07) is 7.30. The van der Waals surface area contributed by atoms with Crippen LogP contribution in [0.1, 0.15) is 10.4 Å². The molecule has 6 nitrogen and oxygen atoms in total. The van der Waals surface area contributed by atoms with Crippen LogP contribution in [0.25, 0.3) is 0 Å². The molecule has 8 heteroatoms. The smallest absolute Gasteiger partial charge is 0.339 e. The fourth-order valence-electron chi connectivity index (χ4n) is 1.50. The molecule has 0 amide bonds. The maximum absolute atomic E-state index is 13.5. The second kappa shape index (κ2) is 5.25. The number of carboxylic acids is 1. The molecule has 104 valence electrons. The Morgan fingerprint density at radius 1 is 1.20 bits per heavy atom. The van der Waals surface area contributed by atoms with Crippen molar-refractivity contribution < 1.29 is 22.7 Å². The van der Waals surface area contributed by atoms with Crippen LogP contribution in [-0.2, 0) is 10.0 Å². The van der Waals surface area contributed by atoms with E-state index in [4.69, 9.17) is 5.11 Å². The summed E-state index contributed by atoms with van der Waals surface area (Å²) in [5.41, 5.74) is -0.326. The molecule has 0 unspecified atom stereocenters. The van der Waals surface area contributed by atoms with Crippen molar-refractivity contribution in [3.05, 3.63) is 54.0 Å². The van der Waals surface area contributed by atoms with Crippen molar-refractivity contribution in [2.24, 2.45) is 0 Å². The maximum Gasteiger partial charge on any atom is 0.339 e. The normalized spacial score (nSPS) is 11.1. The van der Waals surface area contributed by atoms with Crippen molar-refractivity contribution in [2.75, 3.05) is 4.72 Å². The molecule has 1 aromatic carbocycles. The Morgan fingerprint density at radius 2 is 1.90 bits per heavy atom. The van der Waals surface area contributed by atoms with Crippen LogP contribution in [0.5, 0.6) is 0 Å². The van der Waals surface area contributed by atoms with E-state index in [-0.39, 0.29) is 11.4 Å². The Bertz CT molecular complexity index is 762. The van der Waals surface area contributed by atoms with Crippen molar-refractivity contribution in [1.29, 1.82) is 0 Å². The predicted octanol–water partition coefficient (Wildman–Crippen LogP) is 1.72. The second-order valence-electron chi connectivity index (χ2n) is 3.74. The van der Waals surface area contributed by atoms with Crippen LogP contribution in [0.2, 0.25) is 0 Å². The minimum atomic E-state index is -4.25. The first-order chi connectivity index (χ1) is 9.42. The molecule has 0 atom stereocenters. The second-order valence-corrected chi connectivity index (χ2v) is 5.39. The fraction of sp³-hybridized carbons (Fsp3) is 0. The number of rotatable bonds is 4. The summed E-state index contributed by atoms with van der Waals surface area (Å²) in [5.74, 6) is -2.65. The van der Waals surface area contributed by atoms with Crippen LogP contribution < -0.4 is 4.72 Å². The van der Waals surface area contributed by atoms with Gasteiger partial charge < -0.3 is 5.11 Å². The Balaban J connectivity index is 2.45. The average Bonchev–Trinajstić information content (AvgIpc) is 2.39. The third-order valence-electron chi connectivity index (χ3n) is 2.40. The van der Waals surface area contributed by atoms with E-state index in [1.807, 2.05) is 4.72 Å². The molecule has 2 N–H and O–H groups in total. The zero-order valence-electron chi connectivity index (χ0n) is 9.95. The number of hydrogen-bond donors (Lipinski definition) is 2. The number of sulfonamides is 1. The highest BCUT2D eigenvalue weighted by atomic mass is 32.2. The van der Waals surface area contributed by atoms with E-state index in [1.54, 1.807) is 0 Å². The Hall–Kier alpha value is -2.48. The molecule has 0 aliphatic heterocycles. The highest BCUT2D eigenvalue weighted by molar-refractivity contribution is 7.92. The molecule has 1 heterocycles. The third kappa shape index (κ3) is 2.75. The molecule has 0 saturated heterocycles. The Labute approximate surface area is 114 Å². The largest absolute Gasteiger partial charge is 0.478 e. The maximum atomic E-state index is 13.5. The first-order valence-corrected chi connectivity index (χ1v) is 6.86. The summed E-state index contributed by atoms with van der Waals surface area (Å²) in [6.45, 7) is 0. The number of anilines is 1. The summed E-state index contributed by atoms with van der Waals surface area (Å²) in [5, 5.41) is 8.94. The summed E-state index contributed by atoms with van der Waals surface area (Å²) in [7, 11) is -4.25. The molecule has 0 bridgehead atoms. The molecule has 0 aliphatic carbocycles. The highest BCUT2D eigenvalue weighted by Crippen LogP contribution is 2.19. The van der Waals surface area contributed by atoms with E-state index in [0.29, 0.717) is 0 Å². The van der Waals surface area contributed by atoms with Gasteiger partial charge in [0.15, 0.2) is 5.82 Å². The van der Waals surface area contributed by atoms with Crippen molar-refractivity contribution in [3.8, 4) is 0 Å². The SMILES string of the molecule is O=C(O)c1cccnc1NS(=O)(=O)c1ccccc1F. The van der Waals surface area contributed by atoms with Gasteiger partial charge in [-0.1, -0.05) is 12.1 Å². The van der Waals surface area contributed by atoms with Gasteiger partial charge in [-0.3, -0.25) is 4.72 Å². The lowest BCUT2D eigenvalue weighted by Gasteiger charge is -2.09. The minimum absolute atomic E-state index is 0.326. The third-order valence-corrected chi connectivity index (χ3v) is 3.77. The Morgan fingerprint density at radius 3 is 2.55 bits per heavy atom. The lowest BCUT2D eigenvalue weighted by atomic mass is 10.3. The molecule has 1 aromatic heterocycles. The van der Waals surface area contributed by atoms with Gasteiger partial charge in [-0.05, 0) is 24.3 Å². The molecule has 0 saturated carbocycles. The van der Waals surface area contributed by atoms with Gasteiger partial charge in [-0.15, -0.1) is 0 Å². The molecule has 20 heavy (non-hydrogen) atoms. The van der Waals surface area contributed by atoms with Gasteiger partial charge in [0.2, 0.25) is 0 Å². The summed E-state index contributed by atoms with van der Waals surface area (Å²) in [6.07, 6.45) is 1.23. The Kier molecular flexibility index (Phi) is 3.66. The average molecular weight is 296 g/mol. The van der Waals surface area contributed by atoms with Crippen LogP contribution in [0, 0.1) is 5.82 Å². The molecule has 0 radical (unpaired) electrons. The standard InChI is InChI=1S/C12H9FN2O4S/c13-9-5-1-2-6-10(9)20(18,19)15-11-8(12(16)17)4-3-7-14-11/h1-7H,(H,14,15)(H,16,17). The minimum Gasteiger partial charge on any atom is -0.478 e. The lowest BCUT2D eigenvalue weighted by molar-refractivity contribution is 0.0697. The van der Waals surface area contributed by atoms with E-state index in [1.165, 1.54) is 30.5 Å². The van der Waals surface area contributed by atoms with E-state index in [9.17, 15) is 17.6 Å². The first kappa shape index (κ1) is 13.9. The van der Waals surface area contributed by atoms with Crippen LogP contribution in [-0.4, -0.2) is 24.5 Å². The number of pyridine rings is 1. The molecular formula is C12H9FN2O4S. The van der Waals surface area contributed by atoms with E-state index < -0.39 is 26.7 Å². The van der Waals surface area contributed by atoms with Crippen molar-refractivity contribution in [3.63, 3.8) is 0 Å². The van der Waals surface area contributed by atoms with Crippen LogP contribution >= 0.6 is 0 Å². The summed E-state index contributed by atoms with van der Waals surface area (Å²) >= 11 is 0. The van der Waals surface area contributed by atoms with Gasteiger partial charge in [0, 0.05) is 6.20 Å². The first-order valence-electron chi connectivity index (χ1n) is 5.37. The number of halogens is 1. The number of carbonyl (C=O) groups is 1. The number of hydrogen-bond acceptors (Lipinski definition) is 4. The number of nitrogens with one attached hydrogen (secondary N) is 1. The van der Waals surface area contributed by atoms with Gasteiger partial charge in [-0.25, -0.2) is 22.6 Å². The van der Waals surface area contributed by atoms with Crippen LogP contribution in [0.3, 0.4) is 0 Å². The fourth-order valence-corrected chi connectivity index (χ4v) is 2.61. The van der Waals surface area contributed by atoms with Crippen LogP contribution in [0.15, 0.2) is 47.5 Å². The number of carboxylic acid groups (broad SMARTS) is 1. The van der Waals surface area contributed by atoms with Gasteiger partial charge in [0.25, 0.3) is 10.0 Å². The quantitative estimate of drug-likeness (QED) is 0.895. The van der Waals surface area contributed by atoms with Crippen LogP contribution in [0.4, 0.5) is 10.2 Å². The topological polar surface area (TPSA) is 96.4 Å². The van der Waals surface area contributed by atoms with Gasteiger partial charge >= 0.3 is 5.97 Å². The zero-order chi connectivity index (χ0) is 14.8. The monoisotopic (exact) mass is 296 g/mol. The van der Waals surface area contributed by atoms with Crippen molar-refractivity contribution >= 4 is 21.8 Å². The number of aromatic carboxylic acids is 1. The molecule has 0 aliphatic rings. The van der Waals surface area contributed by atoms with Gasteiger partial charge in [-0.2, -0.15) is 0 Å². The molecule has 2 aromatic rings. The van der Waals surface area contributed by atoms with Gasteiger partial charge in [0.1, 0.15) is 16.3 Å². The van der Waals surface area contributed by atoms with Crippen molar-refractivity contribution in [1.82, 2.24) is 4.98 Å². The van der Waals surface area contributed by atoms with E-state index >= 15 is 0 Å².